The van der Waals surface area contributed by atoms with Crippen LogP contribution in [0.25, 0.3) is 10.8 Å². The lowest BCUT2D eigenvalue weighted by Crippen LogP contribution is -2.15. The Hall–Kier alpha value is -1.59. The summed E-state index contributed by atoms with van der Waals surface area (Å²) < 4.78 is 23.2. The molecule has 2 N–H and O–H groups in total. The third-order valence-electron chi connectivity index (χ3n) is 2.63. The van der Waals surface area contributed by atoms with Crippen molar-refractivity contribution in [2.45, 2.75) is 4.90 Å². The molecule has 2 aromatic rings. The molecule has 2 aromatic carbocycles. The zero-order valence-corrected chi connectivity index (χ0v) is 10.5. The van der Waals surface area contributed by atoms with E-state index in [-0.39, 0.29) is 4.90 Å². The highest BCUT2D eigenvalue weighted by molar-refractivity contribution is 7.89. The topological polar surface area (TPSA) is 63.4 Å². The van der Waals surface area contributed by atoms with Crippen LogP contribution in [0.5, 0.6) is 0 Å². The van der Waals surface area contributed by atoms with Gasteiger partial charge in [0.05, 0.1) is 4.90 Å². The standard InChI is InChI=1S/C12H14N2O2S/c1-14(2)10-7-3-5-9-6-4-8-11(12(9)10)17(13,15)16/h3-8H,1-2H3,(H2,13,15,16). The molecule has 4 nitrogen and oxygen atoms in total. The molecule has 0 aliphatic carbocycles. The summed E-state index contributed by atoms with van der Waals surface area (Å²) in [5, 5.41) is 6.78. The molecule has 0 aliphatic heterocycles. The molecular weight excluding hydrogens is 236 g/mol. The van der Waals surface area contributed by atoms with Gasteiger partial charge in [0.25, 0.3) is 0 Å². The van der Waals surface area contributed by atoms with Gasteiger partial charge in [-0.15, -0.1) is 0 Å². The first kappa shape index (κ1) is 11.9. The largest absolute Gasteiger partial charge is 0.377 e. The highest BCUT2D eigenvalue weighted by Crippen LogP contribution is 2.30. The Labute approximate surface area is 101 Å². The molecule has 0 atom stereocenters. The first-order valence-electron chi connectivity index (χ1n) is 5.13. The number of hydrogen-bond donors (Lipinski definition) is 1. The maximum atomic E-state index is 11.6. The number of sulfonamides is 1. The summed E-state index contributed by atoms with van der Waals surface area (Å²) in [7, 11) is 0.0274. The van der Waals surface area contributed by atoms with E-state index in [9.17, 15) is 8.42 Å². The van der Waals surface area contributed by atoms with Gasteiger partial charge in [0.2, 0.25) is 10.0 Å². The monoisotopic (exact) mass is 250 g/mol. The van der Waals surface area contributed by atoms with Crippen molar-refractivity contribution < 1.29 is 8.42 Å². The zero-order valence-electron chi connectivity index (χ0n) is 9.71. The summed E-state index contributed by atoms with van der Waals surface area (Å²) in [6, 6.07) is 10.7. The van der Waals surface area contributed by atoms with Gasteiger partial charge in [-0.05, 0) is 17.5 Å². The highest BCUT2D eigenvalue weighted by atomic mass is 32.2. The Morgan fingerprint density at radius 2 is 1.65 bits per heavy atom. The minimum absolute atomic E-state index is 0.166. The van der Waals surface area contributed by atoms with Crippen LogP contribution in [0, 0.1) is 0 Å². The quantitative estimate of drug-likeness (QED) is 0.879. The minimum atomic E-state index is -3.71. The molecule has 0 unspecified atom stereocenters. The Balaban J connectivity index is 2.96. The number of fused-ring (bicyclic) bond motifs is 1. The number of rotatable bonds is 2. The van der Waals surface area contributed by atoms with Crippen molar-refractivity contribution in [1.29, 1.82) is 0 Å². The smallest absolute Gasteiger partial charge is 0.238 e. The fourth-order valence-corrected chi connectivity index (χ4v) is 2.67. The van der Waals surface area contributed by atoms with Crippen LogP contribution in [-0.2, 0) is 10.0 Å². The third kappa shape index (κ3) is 2.11. The molecule has 0 heterocycles. The zero-order chi connectivity index (χ0) is 12.6. The van der Waals surface area contributed by atoms with Gasteiger partial charge in [-0.3, -0.25) is 0 Å². The second-order valence-corrected chi connectivity index (χ2v) is 5.60. The summed E-state index contributed by atoms with van der Waals surface area (Å²) in [6.07, 6.45) is 0. The van der Waals surface area contributed by atoms with Crippen LogP contribution in [0.4, 0.5) is 5.69 Å². The van der Waals surface area contributed by atoms with Crippen molar-refractivity contribution in [3.05, 3.63) is 36.4 Å². The van der Waals surface area contributed by atoms with Gasteiger partial charge >= 0.3 is 0 Å². The van der Waals surface area contributed by atoms with Crippen molar-refractivity contribution in [2.75, 3.05) is 19.0 Å². The second kappa shape index (κ2) is 4.01. The van der Waals surface area contributed by atoms with Crippen LogP contribution in [0.1, 0.15) is 0 Å². The normalized spacial score (nSPS) is 11.7. The van der Waals surface area contributed by atoms with Gasteiger partial charge in [-0.1, -0.05) is 24.3 Å². The van der Waals surface area contributed by atoms with E-state index < -0.39 is 10.0 Å². The van der Waals surface area contributed by atoms with Crippen LogP contribution in [0.3, 0.4) is 0 Å². The summed E-state index contributed by atoms with van der Waals surface area (Å²) in [5.74, 6) is 0. The molecule has 0 saturated heterocycles. The minimum Gasteiger partial charge on any atom is -0.377 e. The molecule has 0 aromatic heterocycles. The van der Waals surface area contributed by atoms with Gasteiger partial charge in [0.1, 0.15) is 0 Å². The van der Waals surface area contributed by atoms with E-state index >= 15 is 0 Å². The van der Waals surface area contributed by atoms with Gasteiger partial charge in [-0.2, -0.15) is 0 Å². The number of primary sulfonamides is 1. The summed E-state index contributed by atoms with van der Waals surface area (Å²) in [4.78, 5) is 2.04. The lowest BCUT2D eigenvalue weighted by Gasteiger charge is -2.17. The molecule has 0 radical (unpaired) electrons. The van der Waals surface area contributed by atoms with Crippen molar-refractivity contribution >= 4 is 26.5 Å². The van der Waals surface area contributed by atoms with Gasteiger partial charge in [0, 0.05) is 25.2 Å². The van der Waals surface area contributed by atoms with Crippen molar-refractivity contribution in [3.63, 3.8) is 0 Å². The molecule has 17 heavy (non-hydrogen) atoms. The van der Waals surface area contributed by atoms with Crippen LogP contribution >= 0.6 is 0 Å². The predicted octanol–water partition coefficient (Wildman–Crippen LogP) is 1.55. The molecule has 0 saturated carbocycles. The Bertz CT molecular complexity index is 658. The lowest BCUT2D eigenvalue weighted by atomic mass is 10.1. The van der Waals surface area contributed by atoms with Gasteiger partial charge in [0.15, 0.2) is 0 Å². The van der Waals surface area contributed by atoms with Crippen LogP contribution in [0.15, 0.2) is 41.3 Å². The number of hydrogen-bond acceptors (Lipinski definition) is 3. The van der Waals surface area contributed by atoms with E-state index in [1.807, 2.05) is 43.3 Å². The molecule has 0 bridgehead atoms. The SMILES string of the molecule is CN(C)c1cccc2cccc(S(N)(=O)=O)c12. The highest BCUT2D eigenvalue weighted by Gasteiger charge is 2.15. The number of benzene rings is 2. The molecule has 0 fully saturated rings. The molecule has 0 spiro atoms. The maximum Gasteiger partial charge on any atom is 0.238 e. The molecule has 2 rings (SSSR count). The first-order valence-corrected chi connectivity index (χ1v) is 6.68. The number of anilines is 1. The van der Waals surface area contributed by atoms with E-state index in [4.69, 9.17) is 5.14 Å². The van der Waals surface area contributed by atoms with E-state index in [2.05, 4.69) is 0 Å². The van der Waals surface area contributed by atoms with Crippen molar-refractivity contribution in [3.8, 4) is 0 Å². The molecular formula is C12H14N2O2S. The summed E-state index contributed by atoms with van der Waals surface area (Å²) >= 11 is 0. The summed E-state index contributed by atoms with van der Waals surface area (Å²) in [5.41, 5.74) is 0.840. The predicted molar refractivity (Wildman–Crippen MR) is 69.6 cm³/mol. The van der Waals surface area contributed by atoms with Crippen LogP contribution in [-0.4, -0.2) is 22.5 Å². The molecule has 90 valence electrons. The van der Waals surface area contributed by atoms with Crippen LogP contribution in [0.2, 0.25) is 0 Å². The Morgan fingerprint density at radius 1 is 1.06 bits per heavy atom. The Morgan fingerprint density at radius 3 is 2.18 bits per heavy atom. The molecule has 5 heteroatoms. The van der Waals surface area contributed by atoms with Gasteiger partial charge in [-0.25, -0.2) is 13.6 Å². The third-order valence-corrected chi connectivity index (χ3v) is 3.59. The van der Waals surface area contributed by atoms with E-state index in [1.54, 1.807) is 6.07 Å². The fraction of sp³-hybridized carbons (Fsp3) is 0.167. The lowest BCUT2D eigenvalue weighted by molar-refractivity contribution is 0.598. The Kier molecular flexibility index (Phi) is 2.81. The number of nitrogens with zero attached hydrogens (tertiary/aromatic N) is 1. The maximum absolute atomic E-state index is 11.6. The fourth-order valence-electron chi connectivity index (χ4n) is 1.90. The van der Waals surface area contributed by atoms with E-state index in [0.29, 0.717) is 5.39 Å². The molecule has 0 aliphatic rings. The first-order chi connectivity index (χ1) is 7.91. The van der Waals surface area contributed by atoms with Crippen molar-refractivity contribution in [2.24, 2.45) is 5.14 Å². The average Bonchev–Trinajstić information content (AvgIpc) is 2.26. The van der Waals surface area contributed by atoms with Crippen LogP contribution < -0.4 is 10.0 Å². The summed E-state index contributed by atoms with van der Waals surface area (Å²) in [6.45, 7) is 0. The number of nitrogens with two attached hydrogens (primary N) is 1. The van der Waals surface area contributed by atoms with E-state index in [1.165, 1.54) is 6.07 Å². The molecule has 0 amide bonds. The average molecular weight is 250 g/mol. The van der Waals surface area contributed by atoms with Crippen molar-refractivity contribution in [1.82, 2.24) is 0 Å². The second-order valence-electron chi connectivity index (χ2n) is 4.07. The van der Waals surface area contributed by atoms with E-state index in [0.717, 1.165) is 11.1 Å². The van der Waals surface area contributed by atoms with Gasteiger partial charge < -0.3 is 4.90 Å².